The molecular weight excluding hydrogens is 265 g/mol. The van der Waals surface area contributed by atoms with Gasteiger partial charge < -0.3 is 4.74 Å². The molecule has 2 rings (SSSR count). The number of aromatic nitrogens is 1. The van der Waals surface area contributed by atoms with Crippen LogP contribution in [-0.4, -0.2) is 12.1 Å². The summed E-state index contributed by atoms with van der Waals surface area (Å²) in [6.07, 6.45) is 3.62. The predicted octanol–water partition coefficient (Wildman–Crippen LogP) is 4.97. The van der Waals surface area contributed by atoms with Crippen molar-refractivity contribution in [3.8, 4) is 17.0 Å². The van der Waals surface area contributed by atoms with Gasteiger partial charge in [0.15, 0.2) is 0 Å². The highest BCUT2D eigenvalue weighted by molar-refractivity contribution is 5.66. The van der Waals surface area contributed by atoms with Crippen molar-refractivity contribution in [2.75, 3.05) is 7.11 Å². The van der Waals surface area contributed by atoms with Crippen LogP contribution < -0.4 is 4.74 Å². The SMILES string of the molecule is CCC(C)(CC)c1cc(F)ccc1-c1cc(OC)ccn1. The summed E-state index contributed by atoms with van der Waals surface area (Å²) in [7, 11) is 1.63. The molecule has 0 amide bonds. The fourth-order valence-electron chi connectivity index (χ4n) is 2.56. The highest BCUT2D eigenvalue weighted by Crippen LogP contribution is 2.38. The van der Waals surface area contributed by atoms with Crippen molar-refractivity contribution in [1.29, 1.82) is 0 Å². The molecular formula is C18H22FNO. The van der Waals surface area contributed by atoms with E-state index in [4.69, 9.17) is 4.74 Å². The van der Waals surface area contributed by atoms with Gasteiger partial charge >= 0.3 is 0 Å². The third-order valence-corrected chi connectivity index (χ3v) is 4.44. The highest BCUT2D eigenvalue weighted by atomic mass is 19.1. The molecule has 2 nitrogen and oxygen atoms in total. The Hall–Kier alpha value is -1.90. The van der Waals surface area contributed by atoms with Gasteiger partial charge in [-0.15, -0.1) is 0 Å². The van der Waals surface area contributed by atoms with Crippen LogP contribution >= 0.6 is 0 Å². The van der Waals surface area contributed by atoms with Gasteiger partial charge in [0.2, 0.25) is 0 Å². The molecule has 0 aliphatic rings. The van der Waals surface area contributed by atoms with Gasteiger partial charge in [0.25, 0.3) is 0 Å². The number of benzene rings is 1. The van der Waals surface area contributed by atoms with Gasteiger partial charge in [-0.25, -0.2) is 4.39 Å². The van der Waals surface area contributed by atoms with Crippen LogP contribution in [0.15, 0.2) is 36.5 Å². The minimum absolute atomic E-state index is 0.0673. The van der Waals surface area contributed by atoms with Crippen molar-refractivity contribution in [2.24, 2.45) is 0 Å². The van der Waals surface area contributed by atoms with E-state index in [0.717, 1.165) is 35.4 Å². The summed E-state index contributed by atoms with van der Waals surface area (Å²) in [6, 6.07) is 8.65. The normalized spacial score (nSPS) is 11.5. The standard InChI is InChI=1S/C18H22FNO/c1-5-18(3,6-2)16-11-13(19)7-8-15(16)17-12-14(21-4)9-10-20-17/h7-12H,5-6H2,1-4H3. The quantitative estimate of drug-likeness (QED) is 0.774. The molecule has 3 heteroatoms. The van der Waals surface area contributed by atoms with Crippen LogP contribution in [0.25, 0.3) is 11.3 Å². The Balaban J connectivity index is 2.63. The fraction of sp³-hybridized carbons (Fsp3) is 0.389. The first-order valence-electron chi connectivity index (χ1n) is 7.34. The van der Waals surface area contributed by atoms with Crippen molar-refractivity contribution in [3.05, 3.63) is 47.9 Å². The lowest BCUT2D eigenvalue weighted by Crippen LogP contribution is -2.21. The van der Waals surface area contributed by atoms with E-state index in [9.17, 15) is 4.39 Å². The zero-order valence-electron chi connectivity index (χ0n) is 13.1. The van der Waals surface area contributed by atoms with Crippen molar-refractivity contribution in [2.45, 2.75) is 39.0 Å². The Morgan fingerprint density at radius 2 is 1.86 bits per heavy atom. The van der Waals surface area contributed by atoms with Crippen molar-refractivity contribution in [1.82, 2.24) is 4.98 Å². The third kappa shape index (κ3) is 3.07. The van der Waals surface area contributed by atoms with E-state index in [1.54, 1.807) is 19.4 Å². The van der Waals surface area contributed by atoms with Crippen LogP contribution in [0.2, 0.25) is 0 Å². The van der Waals surface area contributed by atoms with Gasteiger partial charge in [-0.3, -0.25) is 4.98 Å². The van der Waals surface area contributed by atoms with Crippen LogP contribution in [0.1, 0.15) is 39.2 Å². The summed E-state index contributed by atoms with van der Waals surface area (Å²) in [5, 5.41) is 0. The van der Waals surface area contributed by atoms with Gasteiger partial charge in [0, 0.05) is 17.8 Å². The molecule has 0 atom stereocenters. The number of methoxy groups -OCH3 is 1. The maximum absolute atomic E-state index is 13.8. The molecule has 0 aliphatic carbocycles. The molecule has 0 radical (unpaired) electrons. The maximum Gasteiger partial charge on any atom is 0.123 e. The van der Waals surface area contributed by atoms with Gasteiger partial charge in [-0.1, -0.05) is 20.8 Å². The minimum Gasteiger partial charge on any atom is -0.497 e. The molecule has 1 aromatic heterocycles. The number of nitrogens with zero attached hydrogens (tertiary/aromatic N) is 1. The highest BCUT2D eigenvalue weighted by Gasteiger charge is 2.26. The third-order valence-electron chi connectivity index (χ3n) is 4.44. The summed E-state index contributed by atoms with van der Waals surface area (Å²) < 4.78 is 19.0. The van der Waals surface area contributed by atoms with Crippen molar-refractivity contribution in [3.63, 3.8) is 0 Å². The Morgan fingerprint density at radius 1 is 1.14 bits per heavy atom. The fourth-order valence-corrected chi connectivity index (χ4v) is 2.56. The van der Waals surface area contributed by atoms with E-state index in [2.05, 4.69) is 25.8 Å². The van der Waals surface area contributed by atoms with Crippen LogP contribution in [0.3, 0.4) is 0 Å². The summed E-state index contributed by atoms with van der Waals surface area (Å²) in [6.45, 7) is 6.44. The second-order valence-electron chi connectivity index (χ2n) is 5.54. The zero-order valence-corrected chi connectivity index (χ0v) is 13.1. The monoisotopic (exact) mass is 287 g/mol. The predicted molar refractivity (Wildman–Crippen MR) is 84.1 cm³/mol. The van der Waals surface area contributed by atoms with Gasteiger partial charge in [0.05, 0.1) is 12.8 Å². The van der Waals surface area contributed by atoms with Crippen molar-refractivity contribution >= 4 is 0 Å². The average Bonchev–Trinajstić information content (AvgIpc) is 2.54. The van der Waals surface area contributed by atoms with Crippen molar-refractivity contribution < 1.29 is 9.13 Å². The lowest BCUT2D eigenvalue weighted by Gasteiger charge is -2.29. The molecule has 0 spiro atoms. The van der Waals surface area contributed by atoms with Gasteiger partial charge in [0.1, 0.15) is 11.6 Å². The largest absolute Gasteiger partial charge is 0.497 e. The summed E-state index contributed by atoms with van der Waals surface area (Å²) >= 11 is 0. The molecule has 1 aromatic carbocycles. The van der Waals surface area contributed by atoms with E-state index in [0.29, 0.717) is 0 Å². The molecule has 0 N–H and O–H groups in total. The molecule has 0 fully saturated rings. The molecule has 0 saturated carbocycles. The Labute approximate surface area is 126 Å². The first kappa shape index (κ1) is 15.5. The first-order valence-corrected chi connectivity index (χ1v) is 7.34. The summed E-state index contributed by atoms with van der Waals surface area (Å²) in [5.74, 6) is 0.551. The first-order chi connectivity index (χ1) is 10.0. The molecule has 0 aliphatic heterocycles. The molecule has 21 heavy (non-hydrogen) atoms. The molecule has 0 unspecified atom stereocenters. The average molecular weight is 287 g/mol. The number of hydrogen-bond acceptors (Lipinski definition) is 2. The second kappa shape index (κ2) is 6.25. The Bertz CT molecular complexity index is 620. The Morgan fingerprint density at radius 3 is 2.48 bits per heavy atom. The Kier molecular flexibility index (Phi) is 4.61. The number of ether oxygens (including phenoxy) is 1. The summed E-state index contributed by atoms with van der Waals surface area (Å²) in [4.78, 5) is 4.43. The molecule has 0 saturated heterocycles. The maximum atomic E-state index is 13.8. The van der Waals surface area contributed by atoms with Gasteiger partial charge in [-0.2, -0.15) is 0 Å². The number of hydrogen-bond donors (Lipinski definition) is 0. The summed E-state index contributed by atoms with van der Waals surface area (Å²) in [5.41, 5.74) is 2.73. The topological polar surface area (TPSA) is 22.1 Å². The van der Waals surface area contributed by atoms with E-state index in [1.165, 1.54) is 6.07 Å². The number of rotatable bonds is 5. The van der Waals surface area contributed by atoms with Crippen LogP contribution in [0.4, 0.5) is 4.39 Å². The lowest BCUT2D eigenvalue weighted by molar-refractivity contribution is 0.414. The zero-order chi connectivity index (χ0) is 15.5. The lowest BCUT2D eigenvalue weighted by atomic mass is 9.75. The van der Waals surface area contributed by atoms with Crippen LogP contribution in [-0.2, 0) is 5.41 Å². The second-order valence-corrected chi connectivity index (χ2v) is 5.54. The molecule has 2 aromatic rings. The molecule has 0 bridgehead atoms. The van der Waals surface area contributed by atoms with Crippen LogP contribution in [0, 0.1) is 5.82 Å². The van der Waals surface area contributed by atoms with E-state index < -0.39 is 0 Å². The van der Waals surface area contributed by atoms with Crippen LogP contribution in [0.5, 0.6) is 5.75 Å². The van der Waals surface area contributed by atoms with E-state index in [1.807, 2.05) is 18.2 Å². The molecule has 112 valence electrons. The number of halogens is 1. The number of pyridine rings is 1. The smallest absolute Gasteiger partial charge is 0.123 e. The van der Waals surface area contributed by atoms with E-state index in [-0.39, 0.29) is 11.2 Å². The molecule has 1 heterocycles. The van der Waals surface area contributed by atoms with Gasteiger partial charge in [-0.05, 0) is 48.1 Å². The van der Waals surface area contributed by atoms with E-state index >= 15 is 0 Å². The minimum atomic E-state index is -0.204.